The van der Waals surface area contributed by atoms with Crippen molar-refractivity contribution in [1.29, 1.82) is 0 Å². The van der Waals surface area contributed by atoms with Crippen molar-refractivity contribution in [3.05, 3.63) is 28.8 Å². The van der Waals surface area contributed by atoms with Gasteiger partial charge >= 0.3 is 5.97 Å². The van der Waals surface area contributed by atoms with Crippen LogP contribution in [-0.4, -0.2) is 62.9 Å². The van der Waals surface area contributed by atoms with E-state index in [1.54, 1.807) is 4.90 Å². The standard InChI is InChI=1S/C17H22ClNO6S/c1-10-8-19(9-11(2)24-10)16(20)12(3)25-17(21)13-5-6-14(18)15(7-13)26(4,22)23/h5-7,10-12H,8-9H2,1-4H3. The Morgan fingerprint density at radius 3 is 2.38 bits per heavy atom. The van der Waals surface area contributed by atoms with Crippen LogP contribution in [0.25, 0.3) is 0 Å². The summed E-state index contributed by atoms with van der Waals surface area (Å²) in [5.74, 6) is -1.11. The predicted octanol–water partition coefficient (Wildman–Crippen LogP) is 1.92. The molecule has 0 aliphatic carbocycles. The van der Waals surface area contributed by atoms with E-state index >= 15 is 0 Å². The Bertz CT molecular complexity index is 799. The van der Waals surface area contributed by atoms with Crippen molar-refractivity contribution in [1.82, 2.24) is 4.90 Å². The number of benzene rings is 1. The molecule has 1 heterocycles. The minimum absolute atomic E-state index is 0.0122. The first-order valence-electron chi connectivity index (χ1n) is 8.14. The Hall–Kier alpha value is -1.64. The van der Waals surface area contributed by atoms with Crippen LogP contribution in [0.3, 0.4) is 0 Å². The highest BCUT2D eigenvalue weighted by molar-refractivity contribution is 7.90. The SMILES string of the molecule is CC1CN(C(=O)C(C)OC(=O)c2ccc(Cl)c(S(C)(=O)=O)c2)CC(C)O1. The number of nitrogens with zero attached hydrogens (tertiary/aromatic N) is 1. The number of sulfone groups is 1. The van der Waals surface area contributed by atoms with E-state index in [4.69, 9.17) is 21.1 Å². The average molecular weight is 404 g/mol. The van der Waals surface area contributed by atoms with Gasteiger partial charge in [-0.25, -0.2) is 13.2 Å². The third-order valence-electron chi connectivity index (χ3n) is 3.93. The van der Waals surface area contributed by atoms with Crippen LogP contribution in [-0.2, 0) is 24.1 Å². The maximum Gasteiger partial charge on any atom is 0.338 e. The molecule has 1 amide bonds. The predicted molar refractivity (Wildman–Crippen MR) is 96.0 cm³/mol. The van der Waals surface area contributed by atoms with Gasteiger partial charge in [0.1, 0.15) is 0 Å². The van der Waals surface area contributed by atoms with Crippen molar-refractivity contribution in [2.45, 2.75) is 44.0 Å². The van der Waals surface area contributed by atoms with Crippen molar-refractivity contribution in [2.75, 3.05) is 19.3 Å². The quantitative estimate of drug-likeness (QED) is 0.713. The third kappa shape index (κ3) is 4.96. The summed E-state index contributed by atoms with van der Waals surface area (Å²) in [7, 11) is -3.59. The molecule has 0 aromatic heterocycles. The molecule has 7 nitrogen and oxygen atoms in total. The fourth-order valence-electron chi connectivity index (χ4n) is 2.81. The van der Waals surface area contributed by atoms with E-state index in [1.807, 2.05) is 13.8 Å². The van der Waals surface area contributed by atoms with Gasteiger partial charge in [-0.15, -0.1) is 0 Å². The molecule has 144 valence electrons. The minimum Gasteiger partial charge on any atom is -0.449 e. The first kappa shape index (κ1) is 20.7. The van der Waals surface area contributed by atoms with E-state index in [0.717, 1.165) is 12.3 Å². The Morgan fingerprint density at radius 1 is 1.27 bits per heavy atom. The molecule has 1 fully saturated rings. The summed E-state index contributed by atoms with van der Waals surface area (Å²) in [6.45, 7) is 6.06. The van der Waals surface area contributed by atoms with Gasteiger partial charge in [0, 0.05) is 19.3 Å². The summed E-state index contributed by atoms with van der Waals surface area (Å²) in [4.78, 5) is 26.3. The van der Waals surface area contributed by atoms with Gasteiger partial charge in [-0.3, -0.25) is 4.79 Å². The van der Waals surface area contributed by atoms with Gasteiger partial charge in [0.2, 0.25) is 0 Å². The van der Waals surface area contributed by atoms with Crippen LogP contribution in [0, 0.1) is 0 Å². The van der Waals surface area contributed by atoms with Gasteiger partial charge in [-0.1, -0.05) is 11.6 Å². The lowest BCUT2D eigenvalue weighted by molar-refractivity contribution is -0.151. The van der Waals surface area contributed by atoms with E-state index in [2.05, 4.69) is 0 Å². The second-order valence-electron chi connectivity index (χ2n) is 6.47. The van der Waals surface area contributed by atoms with E-state index < -0.39 is 21.9 Å². The molecule has 3 unspecified atom stereocenters. The van der Waals surface area contributed by atoms with Crippen LogP contribution < -0.4 is 0 Å². The lowest BCUT2D eigenvalue weighted by atomic mass is 10.2. The fraction of sp³-hybridized carbons (Fsp3) is 0.529. The second-order valence-corrected chi connectivity index (χ2v) is 8.86. The number of halogens is 1. The molecular formula is C17H22ClNO6S. The third-order valence-corrected chi connectivity index (χ3v) is 5.51. The van der Waals surface area contributed by atoms with Crippen LogP contribution in [0.4, 0.5) is 0 Å². The van der Waals surface area contributed by atoms with E-state index in [1.165, 1.54) is 19.1 Å². The van der Waals surface area contributed by atoms with Crippen molar-refractivity contribution >= 4 is 33.3 Å². The van der Waals surface area contributed by atoms with Crippen LogP contribution in [0.1, 0.15) is 31.1 Å². The molecule has 1 aromatic rings. The van der Waals surface area contributed by atoms with Gasteiger partial charge in [0.15, 0.2) is 15.9 Å². The van der Waals surface area contributed by atoms with E-state index in [0.29, 0.717) is 13.1 Å². The minimum atomic E-state index is -3.59. The van der Waals surface area contributed by atoms with Crippen molar-refractivity contribution in [3.63, 3.8) is 0 Å². The number of esters is 1. The summed E-state index contributed by atoms with van der Waals surface area (Å²) in [5, 5.41) is 0.0180. The molecule has 1 saturated heterocycles. The molecule has 1 aromatic carbocycles. The average Bonchev–Trinajstić information content (AvgIpc) is 2.52. The molecule has 0 N–H and O–H groups in total. The van der Waals surface area contributed by atoms with Crippen molar-refractivity contribution in [3.8, 4) is 0 Å². The number of rotatable bonds is 4. The van der Waals surface area contributed by atoms with E-state index in [-0.39, 0.29) is 33.6 Å². The maximum atomic E-state index is 12.5. The zero-order valence-corrected chi connectivity index (χ0v) is 16.6. The number of hydrogen-bond acceptors (Lipinski definition) is 6. The first-order valence-corrected chi connectivity index (χ1v) is 10.4. The van der Waals surface area contributed by atoms with Gasteiger partial charge in [-0.05, 0) is 39.0 Å². The number of amides is 1. The largest absolute Gasteiger partial charge is 0.449 e. The molecule has 3 atom stereocenters. The van der Waals surface area contributed by atoms with Gasteiger partial charge < -0.3 is 14.4 Å². The van der Waals surface area contributed by atoms with Crippen molar-refractivity contribution < 1.29 is 27.5 Å². The number of carbonyl (C=O) groups is 2. The van der Waals surface area contributed by atoms with Gasteiger partial charge in [0.25, 0.3) is 5.91 Å². The van der Waals surface area contributed by atoms with Crippen LogP contribution in [0.2, 0.25) is 5.02 Å². The highest BCUT2D eigenvalue weighted by Gasteiger charge is 2.30. The van der Waals surface area contributed by atoms with Gasteiger partial charge in [-0.2, -0.15) is 0 Å². The molecule has 0 radical (unpaired) electrons. The van der Waals surface area contributed by atoms with Crippen LogP contribution in [0.5, 0.6) is 0 Å². The smallest absolute Gasteiger partial charge is 0.338 e. The Labute approximate surface area is 158 Å². The summed E-state index contributed by atoms with van der Waals surface area (Å²) in [5.41, 5.74) is 0.0122. The first-order chi connectivity index (χ1) is 12.0. The zero-order valence-electron chi connectivity index (χ0n) is 15.1. The molecule has 1 aliphatic heterocycles. The molecule has 9 heteroatoms. The molecule has 1 aliphatic rings. The lowest BCUT2D eigenvalue weighted by Crippen LogP contribution is -2.51. The number of morpholine rings is 1. The number of carbonyl (C=O) groups excluding carboxylic acids is 2. The summed E-state index contributed by atoms with van der Waals surface area (Å²) in [6.07, 6.45) is -0.202. The van der Waals surface area contributed by atoms with Crippen molar-refractivity contribution in [2.24, 2.45) is 0 Å². The summed E-state index contributed by atoms with van der Waals surface area (Å²) >= 11 is 5.87. The zero-order chi connectivity index (χ0) is 19.6. The van der Waals surface area contributed by atoms with Crippen LogP contribution in [0.15, 0.2) is 23.1 Å². The molecule has 26 heavy (non-hydrogen) atoms. The van der Waals surface area contributed by atoms with E-state index in [9.17, 15) is 18.0 Å². The Kier molecular flexibility index (Phi) is 6.31. The highest BCUT2D eigenvalue weighted by Crippen LogP contribution is 2.23. The topological polar surface area (TPSA) is 90.0 Å². The maximum absolute atomic E-state index is 12.5. The lowest BCUT2D eigenvalue weighted by Gasteiger charge is -2.36. The highest BCUT2D eigenvalue weighted by atomic mass is 35.5. The molecule has 2 rings (SSSR count). The molecule has 0 saturated carbocycles. The fourth-order valence-corrected chi connectivity index (χ4v) is 4.11. The molecule has 0 bridgehead atoms. The van der Waals surface area contributed by atoms with Gasteiger partial charge in [0.05, 0.1) is 27.7 Å². The monoisotopic (exact) mass is 403 g/mol. The van der Waals surface area contributed by atoms with Crippen LogP contribution >= 0.6 is 11.6 Å². The second kappa shape index (κ2) is 7.94. The number of hydrogen-bond donors (Lipinski definition) is 0. The normalized spacial score (nSPS) is 22.0. The Balaban J connectivity index is 2.11. The Morgan fingerprint density at radius 2 is 1.85 bits per heavy atom. The molecular weight excluding hydrogens is 382 g/mol. The summed E-state index contributed by atoms with van der Waals surface area (Å²) in [6, 6.07) is 3.82. The summed E-state index contributed by atoms with van der Waals surface area (Å²) < 4.78 is 34.2. The number of ether oxygens (including phenoxy) is 2. The molecule has 0 spiro atoms.